The standard InChI is InChI=1S/C22H27N5O2S/c1-2-21(28)26-9-6-17-16(13-26)22(29)27-20(23-17)11-18(24-27)19-5-3-4-8-25(19)12-15-7-10-30-14-15/h7,10-11,14,19,24H,2-6,8-9,12-13H2,1H3/t19-/m1/s1. The van der Waals surface area contributed by atoms with Gasteiger partial charge in [0.1, 0.15) is 0 Å². The summed E-state index contributed by atoms with van der Waals surface area (Å²) in [6.07, 6.45) is 4.56. The summed E-state index contributed by atoms with van der Waals surface area (Å²) in [5, 5.41) is 7.68. The number of hydrogen-bond acceptors (Lipinski definition) is 5. The van der Waals surface area contributed by atoms with E-state index < -0.39 is 0 Å². The first-order valence-corrected chi connectivity index (χ1v) is 11.7. The molecule has 1 N–H and O–H groups in total. The molecule has 1 atom stereocenters. The fourth-order valence-corrected chi connectivity index (χ4v) is 5.42. The van der Waals surface area contributed by atoms with Crippen molar-refractivity contribution in [3.8, 4) is 0 Å². The number of hydrogen-bond donors (Lipinski definition) is 1. The lowest BCUT2D eigenvalue weighted by Crippen LogP contribution is -2.40. The van der Waals surface area contributed by atoms with Gasteiger partial charge in [0.15, 0.2) is 5.65 Å². The molecule has 0 aliphatic carbocycles. The fourth-order valence-electron chi connectivity index (χ4n) is 4.76. The number of carbonyl (C=O) groups is 1. The molecule has 1 saturated heterocycles. The third kappa shape index (κ3) is 3.48. The summed E-state index contributed by atoms with van der Waals surface area (Å²) in [6, 6.07) is 4.49. The summed E-state index contributed by atoms with van der Waals surface area (Å²) in [5.74, 6) is 0.0867. The molecular weight excluding hydrogens is 398 g/mol. The summed E-state index contributed by atoms with van der Waals surface area (Å²) in [7, 11) is 0. The Labute approximate surface area is 179 Å². The van der Waals surface area contributed by atoms with Gasteiger partial charge in [-0.05, 0) is 41.8 Å². The first-order valence-electron chi connectivity index (χ1n) is 10.8. The van der Waals surface area contributed by atoms with E-state index in [1.807, 2.05) is 13.0 Å². The Balaban J connectivity index is 1.48. The molecule has 0 aromatic carbocycles. The van der Waals surface area contributed by atoms with Gasteiger partial charge in [-0.15, -0.1) is 0 Å². The van der Waals surface area contributed by atoms with E-state index in [9.17, 15) is 9.59 Å². The molecular formula is C22H27N5O2S. The third-order valence-electron chi connectivity index (χ3n) is 6.37. The van der Waals surface area contributed by atoms with Gasteiger partial charge in [0.25, 0.3) is 5.56 Å². The average Bonchev–Trinajstić information content (AvgIpc) is 3.43. The minimum atomic E-state index is -0.0740. The van der Waals surface area contributed by atoms with Crippen molar-refractivity contribution in [3.05, 3.63) is 55.8 Å². The predicted octanol–water partition coefficient (Wildman–Crippen LogP) is 3.11. The molecule has 0 spiro atoms. The highest BCUT2D eigenvalue weighted by molar-refractivity contribution is 7.07. The second-order valence-corrected chi connectivity index (χ2v) is 9.06. The van der Waals surface area contributed by atoms with Crippen molar-refractivity contribution >= 4 is 22.9 Å². The van der Waals surface area contributed by atoms with Gasteiger partial charge in [-0.25, -0.2) is 9.50 Å². The number of likely N-dealkylation sites (tertiary alicyclic amines) is 1. The number of aromatic amines is 1. The number of nitrogens with zero attached hydrogens (tertiary/aromatic N) is 4. The highest BCUT2D eigenvalue weighted by Gasteiger charge is 2.28. The molecule has 158 valence electrons. The van der Waals surface area contributed by atoms with Crippen LogP contribution in [0, 0.1) is 0 Å². The highest BCUT2D eigenvalue weighted by Crippen LogP contribution is 2.32. The van der Waals surface area contributed by atoms with Crippen molar-refractivity contribution in [1.82, 2.24) is 24.4 Å². The molecule has 30 heavy (non-hydrogen) atoms. The van der Waals surface area contributed by atoms with E-state index in [4.69, 9.17) is 4.98 Å². The Bertz CT molecular complexity index is 1120. The van der Waals surface area contributed by atoms with Crippen LogP contribution in [0.3, 0.4) is 0 Å². The number of nitrogens with one attached hydrogen (secondary N) is 1. The van der Waals surface area contributed by atoms with Crippen LogP contribution in [0.4, 0.5) is 0 Å². The van der Waals surface area contributed by atoms with Crippen LogP contribution in [-0.2, 0) is 24.3 Å². The molecule has 0 unspecified atom stereocenters. The van der Waals surface area contributed by atoms with Gasteiger partial charge in [-0.2, -0.15) is 11.3 Å². The summed E-state index contributed by atoms with van der Waals surface area (Å²) in [4.78, 5) is 34.4. The van der Waals surface area contributed by atoms with Crippen molar-refractivity contribution in [3.63, 3.8) is 0 Å². The molecule has 0 saturated carbocycles. The van der Waals surface area contributed by atoms with E-state index in [0.717, 1.165) is 30.9 Å². The van der Waals surface area contributed by atoms with Gasteiger partial charge in [-0.1, -0.05) is 13.3 Å². The largest absolute Gasteiger partial charge is 0.338 e. The Morgan fingerprint density at radius 3 is 3.03 bits per heavy atom. The van der Waals surface area contributed by atoms with E-state index in [1.54, 1.807) is 20.8 Å². The van der Waals surface area contributed by atoms with E-state index in [1.165, 1.54) is 18.4 Å². The number of carbonyl (C=O) groups excluding carboxylic acids is 1. The SMILES string of the molecule is CCC(=O)N1CCc2nc3cc([C@H]4CCCCN4Cc4ccsc4)[nH]n3c(=O)c2C1. The molecule has 8 heteroatoms. The summed E-state index contributed by atoms with van der Waals surface area (Å²) >= 11 is 1.73. The number of fused-ring (bicyclic) bond motifs is 2. The molecule has 7 nitrogen and oxygen atoms in total. The van der Waals surface area contributed by atoms with Crippen LogP contribution in [0.25, 0.3) is 5.65 Å². The minimum absolute atomic E-state index is 0.0740. The van der Waals surface area contributed by atoms with Crippen molar-refractivity contribution in [2.24, 2.45) is 0 Å². The van der Waals surface area contributed by atoms with E-state index in [2.05, 4.69) is 26.8 Å². The molecule has 2 aliphatic rings. The molecule has 3 aromatic rings. The van der Waals surface area contributed by atoms with Crippen LogP contribution < -0.4 is 5.56 Å². The first kappa shape index (κ1) is 19.5. The second kappa shape index (κ2) is 8.00. The Kier molecular flexibility index (Phi) is 5.20. The zero-order chi connectivity index (χ0) is 20.7. The summed E-state index contributed by atoms with van der Waals surface area (Å²) < 4.78 is 1.57. The van der Waals surface area contributed by atoms with Crippen LogP contribution >= 0.6 is 11.3 Å². The number of thiophene rings is 1. The Morgan fingerprint density at radius 1 is 1.33 bits per heavy atom. The highest BCUT2D eigenvalue weighted by atomic mass is 32.1. The summed E-state index contributed by atoms with van der Waals surface area (Å²) in [6.45, 7) is 4.84. The quantitative estimate of drug-likeness (QED) is 0.697. The van der Waals surface area contributed by atoms with Gasteiger partial charge in [0.05, 0.1) is 29.5 Å². The Morgan fingerprint density at radius 2 is 2.23 bits per heavy atom. The van der Waals surface area contributed by atoms with Crippen molar-refractivity contribution in [2.45, 2.75) is 58.2 Å². The summed E-state index contributed by atoms with van der Waals surface area (Å²) in [5.41, 5.74) is 4.49. The molecule has 0 radical (unpaired) electrons. The molecule has 3 aromatic heterocycles. The van der Waals surface area contributed by atoms with Crippen molar-refractivity contribution in [1.29, 1.82) is 0 Å². The predicted molar refractivity (Wildman–Crippen MR) is 117 cm³/mol. The van der Waals surface area contributed by atoms with Crippen LogP contribution in [-0.4, -0.2) is 43.4 Å². The lowest BCUT2D eigenvalue weighted by molar-refractivity contribution is -0.131. The van der Waals surface area contributed by atoms with Crippen molar-refractivity contribution in [2.75, 3.05) is 13.1 Å². The average molecular weight is 426 g/mol. The zero-order valence-corrected chi connectivity index (χ0v) is 18.1. The normalized spacial score (nSPS) is 19.9. The fraction of sp³-hybridized carbons (Fsp3) is 0.500. The van der Waals surface area contributed by atoms with Gasteiger partial charge < -0.3 is 4.90 Å². The minimum Gasteiger partial charge on any atom is -0.338 e. The maximum absolute atomic E-state index is 13.2. The smallest absolute Gasteiger partial charge is 0.277 e. The first-order chi connectivity index (χ1) is 14.6. The number of amides is 1. The second-order valence-electron chi connectivity index (χ2n) is 8.28. The molecule has 2 aliphatic heterocycles. The molecule has 1 fully saturated rings. The monoisotopic (exact) mass is 425 g/mol. The van der Waals surface area contributed by atoms with Crippen LogP contribution in [0.2, 0.25) is 0 Å². The van der Waals surface area contributed by atoms with E-state index in [-0.39, 0.29) is 17.5 Å². The molecule has 5 rings (SSSR count). The van der Waals surface area contributed by atoms with Crippen LogP contribution in [0.15, 0.2) is 27.7 Å². The number of H-pyrrole nitrogens is 1. The maximum atomic E-state index is 13.2. The number of rotatable bonds is 4. The Hall–Kier alpha value is -2.45. The number of aromatic nitrogens is 3. The molecule has 0 bridgehead atoms. The lowest BCUT2D eigenvalue weighted by atomic mass is 9.99. The van der Waals surface area contributed by atoms with Crippen molar-refractivity contribution < 1.29 is 4.79 Å². The van der Waals surface area contributed by atoms with Gasteiger partial charge in [0, 0.05) is 32.0 Å². The van der Waals surface area contributed by atoms with Crippen LogP contribution in [0.5, 0.6) is 0 Å². The van der Waals surface area contributed by atoms with Gasteiger partial charge in [0.2, 0.25) is 5.91 Å². The topological polar surface area (TPSA) is 73.7 Å². The zero-order valence-electron chi connectivity index (χ0n) is 17.3. The van der Waals surface area contributed by atoms with Gasteiger partial charge >= 0.3 is 0 Å². The molecule has 5 heterocycles. The molecule has 1 amide bonds. The van der Waals surface area contributed by atoms with E-state index in [0.29, 0.717) is 37.1 Å². The maximum Gasteiger partial charge on any atom is 0.277 e. The third-order valence-corrected chi connectivity index (χ3v) is 7.11. The van der Waals surface area contributed by atoms with Gasteiger partial charge in [-0.3, -0.25) is 19.6 Å². The van der Waals surface area contributed by atoms with E-state index >= 15 is 0 Å². The lowest BCUT2D eigenvalue weighted by Gasteiger charge is -2.34. The number of piperidine rings is 1. The van der Waals surface area contributed by atoms with Crippen LogP contribution in [0.1, 0.15) is 61.2 Å².